The Bertz CT molecular complexity index is 1060. The van der Waals surface area contributed by atoms with Crippen molar-refractivity contribution in [2.24, 2.45) is 0 Å². The monoisotopic (exact) mass is 452 g/mol. The molecule has 168 valence electrons. The summed E-state index contributed by atoms with van der Waals surface area (Å²) in [5.74, 6) is 1.64. The first-order valence-electron chi connectivity index (χ1n) is 11.0. The lowest BCUT2D eigenvalue weighted by Gasteiger charge is -2.45. The Morgan fingerprint density at radius 1 is 1.31 bits per heavy atom. The minimum Gasteiger partial charge on any atom is -0.497 e. The lowest BCUT2D eigenvalue weighted by Crippen LogP contribution is -2.53. The van der Waals surface area contributed by atoms with E-state index in [0.29, 0.717) is 13.1 Å². The number of nitrogens with one attached hydrogen (secondary N) is 1. The van der Waals surface area contributed by atoms with Gasteiger partial charge in [0.1, 0.15) is 17.2 Å². The van der Waals surface area contributed by atoms with Gasteiger partial charge in [0.25, 0.3) is 5.91 Å². The predicted octanol–water partition coefficient (Wildman–Crippen LogP) is 3.16. The van der Waals surface area contributed by atoms with E-state index in [0.717, 1.165) is 49.6 Å². The molecule has 1 fully saturated rings. The van der Waals surface area contributed by atoms with E-state index in [9.17, 15) is 4.79 Å². The fourth-order valence-electron chi connectivity index (χ4n) is 4.67. The predicted molar refractivity (Wildman–Crippen MR) is 122 cm³/mol. The van der Waals surface area contributed by atoms with E-state index in [-0.39, 0.29) is 5.91 Å². The highest BCUT2D eigenvalue weighted by Gasteiger charge is 2.47. The van der Waals surface area contributed by atoms with E-state index < -0.39 is 11.7 Å². The second-order valence-corrected chi connectivity index (χ2v) is 9.26. The van der Waals surface area contributed by atoms with Crippen LogP contribution in [0.2, 0.25) is 0 Å². The number of ether oxygens (including phenoxy) is 2. The van der Waals surface area contributed by atoms with Gasteiger partial charge in [-0.05, 0) is 52.9 Å². The molecule has 2 aliphatic heterocycles. The van der Waals surface area contributed by atoms with Crippen LogP contribution in [0.25, 0.3) is 0 Å². The average Bonchev–Trinajstić information content (AvgIpc) is 3.52. The number of benzene rings is 1. The molecule has 0 bridgehead atoms. The van der Waals surface area contributed by atoms with Gasteiger partial charge in [0.15, 0.2) is 6.10 Å². The molecule has 5 rings (SSSR count). The SMILES string of the molecule is COc1cccc(CNC(=O)[C@H]2Cn3ccnc3C3(CCN(Cc4ccsc4)CC3)O2)c1. The van der Waals surface area contributed by atoms with Crippen LogP contribution in [0.15, 0.2) is 53.5 Å². The van der Waals surface area contributed by atoms with Gasteiger partial charge in [0.2, 0.25) is 0 Å². The molecule has 4 heterocycles. The Morgan fingerprint density at radius 3 is 2.97 bits per heavy atom. The molecule has 3 aromatic rings. The summed E-state index contributed by atoms with van der Waals surface area (Å²) in [4.78, 5) is 20.1. The van der Waals surface area contributed by atoms with Crippen LogP contribution in [0, 0.1) is 0 Å². The van der Waals surface area contributed by atoms with Crippen molar-refractivity contribution in [1.82, 2.24) is 19.8 Å². The molecule has 0 saturated carbocycles. The summed E-state index contributed by atoms with van der Waals surface area (Å²) < 4.78 is 13.9. The molecule has 1 N–H and O–H groups in total. The number of hydrogen-bond acceptors (Lipinski definition) is 6. The van der Waals surface area contributed by atoms with Crippen molar-refractivity contribution >= 4 is 17.2 Å². The quantitative estimate of drug-likeness (QED) is 0.622. The molecule has 0 radical (unpaired) electrons. The van der Waals surface area contributed by atoms with Gasteiger partial charge in [-0.3, -0.25) is 9.69 Å². The van der Waals surface area contributed by atoms with Crippen LogP contribution < -0.4 is 10.1 Å². The van der Waals surface area contributed by atoms with Crippen molar-refractivity contribution in [3.8, 4) is 5.75 Å². The summed E-state index contributed by atoms with van der Waals surface area (Å²) in [6.45, 7) is 3.72. The summed E-state index contributed by atoms with van der Waals surface area (Å²) in [5.41, 5.74) is 1.84. The smallest absolute Gasteiger partial charge is 0.251 e. The fraction of sp³-hybridized carbons (Fsp3) is 0.417. The zero-order valence-electron chi connectivity index (χ0n) is 18.2. The number of nitrogens with zero attached hydrogens (tertiary/aromatic N) is 3. The number of methoxy groups -OCH3 is 1. The Balaban J connectivity index is 1.25. The number of imidazole rings is 1. The number of carbonyl (C=O) groups excluding carboxylic acids is 1. The maximum absolute atomic E-state index is 13.0. The van der Waals surface area contributed by atoms with E-state index in [2.05, 4.69) is 36.6 Å². The molecular formula is C24H28N4O3S. The Hall–Kier alpha value is -2.68. The van der Waals surface area contributed by atoms with Crippen molar-refractivity contribution in [3.05, 3.63) is 70.4 Å². The van der Waals surface area contributed by atoms with Gasteiger partial charge in [-0.25, -0.2) is 4.98 Å². The highest BCUT2D eigenvalue weighted by atomic mass is 32.1. The molecule has 1 spiro atoms. The number of fused-ring (bicyclic) bond motifs is 2. The standard InChI is InChI=1S/C24H28N4O3S/c1-30-20-4-2-3-18(13-20)14-26-22(29)21-16-28-11-8-25-23(28)24(31-21)6-9-27(10-7-24)15-19-5-12-32-17-19/h2-5,8,11-13,17,21H,6-7,9-10,14-16H2,1H3,(H,26,29)/t21-/m1/s1. The average molecular weight is 453 g/mol. The molecule has 1 amide bonds. The van der Waals surface area contributed by atoms with Crippen LogP contribution >= 0.6 is 11.3 Å². The number of amides is 1. The van der Waals surface area contributed by atoms with Crippen molar-refractivity contribution < 1.29 is 14.3 Å². The summed E-state index contributed by atoms with van der Waals surface area (Å²) in [6, 6.07) is 9.91. The van der Waals surface area contributed by atoms with Crippen LogP contribution in [-0.4, -0.2) is 46.7 Å². The van der Waals surface area contributed by atoms with Gasteiger partial charge in [-0.1, -0.05) is 12.1 Å². The summed E-state index contributed by atoms with van der Waals surface area (Å²) in [7, 11) is 1.64. The van der Waals surface area contributed by atoms with Crippen molar-refractivity contribution in [2.75, 3.05) is 20.2 Å². The zero-order valence-corrected chi connectivity index (χ0v) is 19.0. The third-order valence-corrected chi connectivity index (χ3v) is 7.13. The zero-order chi connectivity index (χ0) is 22.0. The van der Waals surface area contributed by atoms with E-state index in [1.165, 1.54) is 5.56 Å². The van der Waals surface area contributed by atoms with Crippen molar-refractivity contribution in [2.45, 2.75) is 44.2 Å². The fourth-order valence-corrected chi connectivity index (χ4v) is 5.33. The molecule has 1 aromatic carbocycles. The molecule has 2 aliphatic rings. The van der Waals surface area contributed by atoms with E-state index >= 15 is 0 Å². The molecular weight excluding hydrogens is 424 g/mol. The van der Waals surface area contributed by atoms with Crippen LogP contribution in [0.4, 0.5) is 0 Å². The number of likely N-dealkylation sites (tertiary alicyclic amines) is 1. The largest absolute Gasteiger partial charge is 0.497 e. The highest BCUT2D eigenvalue weighted by molar-refractivity contribution is 7.07. The lowest BCUT2D eigenvalue weighted by molar-refractivity contribution is -0.174. The summed E-state index contributed by atoms with van der Waals surface area (Å²) in [5, 5.41) is 7.37. The van der Waals surface area contributed by atoms with E-state index in [1.807, 2.05) is 36.7 Å². The number of thiophene rings is 1. The second-order valence-electron chi connectivity index (χ2n) is 8.48. The highest BCUT2D eigenvalue weighted by Crippen LogP contribution is 2.40. The number of carbonyl (C=O) groups is 1. The molecule has 2 aromatic heterocycles. The Kier molecular flexibility index (Phi) is 5.99. The van der Waals surface area contributed by atoms with Crippen LogP contribution in [0.3, 0.4) is 0 Å². The first kappa shape index (κ1) is 21.2. The van der Waals surface area contributed by atoms with Gasteiger partial charge < -0.3 is 19.4 Å². The van der Waals surface area contributed by atoms with Gasteiger partial charge in [-0.15, -0.1) is 0 Å². The number of hydrogen-bond donors (Lipinski definition) is 1. The van der Waals surface area contributed by atoms with E-state index in [4.69, 9.17) is 9.47 Å². The van der Waals surface area contributed by atoms with Gasteiger partial charge in [0, 0.05) is 38.6 Å². The van der Waals surface area contributed by atoms with Crippen molar-refractivity contribution in [1.29, 1.82) is 0 Å². The van der Waals surface area contributed by atoms with Gasteiger partial charge >= 0.3 is 0 Å². The number of rotatable bonds is 6. The van der Waals surface area contributed by atoms with Crippen LogP contribution in [0.1, 0.15) is 29.8 Å². The van der Waals surface area contributed by atoms with E-state index in [1.54, 1.807) is 18.4 Å². The first-order valence-corrected chi connectivity index (χ1v) is 11.9. The minimum absolute atomic E-state index is 0.0905. The first-order chi connectivity index (χ1) is 15.6. The topological polar surface area (TPSA) is 68.6 Å². The summed E-state index contributed by atoms with van der Waals surface area (Å²) in [6.07, 6.45) is 4.89. The second kappa shape index (κ2) is 9.05. The Labute approximate surface area is 192 Å². The Morgan fingerprint density at radius 2 is 2.19 bits per heavy atom. The lowest BCUT2D eigenvalue weighted by atomic mass is 9.88. The molecule has 8 heteroatoms. The minimum atomic E-state index is -0.536. The summed E-state index contributed by atoms with van der Waals surface area (Å²) >= 11 is 1.73. The maximum atomic E-state index is 13.0. The maximum Gasteiger partial charge on any atom is 0.251 e. The van der Waals surface area contributed by atoms with Gasteiger partial charge in [0.05, 0.1) is 13.7 Å². The number of piperidine rings is 1. The normalized spacial score (nSPS) is 20.1. The number of aromatic nitrogens is 2. The van der Waals surface area contributed by atoms with Crippen molar-refractivity contribution in [3.63, 3.8) is 0 Å². The third kappa shape index (κ3) is 4.30. The third-order valence-electron chi connectivity index (χ3n) is 6.40. The molecule has 32 heavy (non-hydrogen) atoms. The van der Waals surface area contributed by atoms with Crippen LogP contribution in [-0.2, 0) is 34.8 Å². The molecule has 0 unspecified atom stereocenters. The molecule has 0 aliphatic carbocycles. The molecule has 1 atom stereocenters. The molecule has 7 nitrogen and oxygen atoms in total. The van der Waals surface area contributed by atoms with Crippen LogP contribution in [0.5, 0.6) is 5.75 Å². The molecule has 1 saturated heterocycles. The van der Waals surface area contributed by atoms with Gasteiger partial charge in [-0.2, -0.15) is 11.3 Å².